The Hall–Kier alpha value is -2.08. The largest absolute Gasteiger partial charge is 0.391 e. The molecule has 0 saturated heterocycles. The van der Waals surface area contributed by atoms with Gasteiger partial charge in [0.15, 0.2) is 0 Å². The summed E-state index contributed by atoms with van der Waals surface area (Å²) in [6.07, 6.45) is 3.03. The molecule has 22 heavy (non-hydrogen) atoms. The van der Waals surface area contributed by atoms with Crippen molar-refractivity contribution in [2.45, 2.75) is 44.4 Å². The molecule has 2 unspecified atom stereocenters. The maximum absolute atomic E-state index is 12.3. The second-order valence-corrected chi connectivity index (χ2v) is 5.94. The van der Waals surface area contributed by atoms with Crippen LogP contribution < -0.4 is 11.0 Å². The quantitative estimate of drug-likeness (QED) is 0.879. The minimum absolute atomic E-state index is 0.0244. The first-order valence-corrected chi connectivity index (χ1v) is 7.69. The van der Waals surface area contributed by atoms with Crippen molar-refractivity contribution >= 4 is 16.9 Å². The second kappa shape index (κ2) is 5.96. The van der Waals surface area contributed by atoms with Crippen LogP contribution in [0.15, 0.2) is 29.1 Å². The molecule has 1 heterocycles. The van der Waals surface area contributed by atoms with Crippen molar-refractivity contribution in [3.05, 3.63) is 34.7 Å². The highest BCUT2D eigenvalue weighted by Gasteiger charge is 2.25. The van der Waals surface area contributed by atoms with E-state index in [9.17, 15) is 14.7 Å². The number of aromatic nitrogens is 2. The predicted molar refractivity (Wildman–Crippen MR) is 83.6 cm³/mol. The molecule has 2 atom stereocenters. The van der Waals surface area contributed by atoms with E-state index >= 15 is 0 Å². The predicted octanol–water partition coefficient (Wildman–Crippen LogP) is 0.760. The van der Waals surface area contributed by atoms with Gasteiger partial charge in [-0.05, 0) is 25.0 Å². The lowest BCUT2D eigenvalue weighted by Gasteiger charge is -2.28. The van der Waals surface area contributed by atoms with E-state index in [0.717, 1.165) is 36.7 Å². The van der Waals surface area contributed by atoms with Crippen LogP contribution in [0, 0.1) is 0 Å². The number of hydrogen-bond donors (Lipinski definition) is 2. The number of hydrogen-bond acceptors (Lipinski definition) is 3. The van der Waals surface area contributed by atoms with Crippen LogP contribution in [0.1, 0.15) is 25.7 Å². The van der Waals surface area contributed by atoms with E-state index in [1.807, 2.05) is 24.3 Å². The molecule has 1 aliphatic rings. The number of nitrogens with zero attached hydrogens (tertiary/aromatic N) is 2. The Bertz CT molecular complexity index is 747. The van der Waals surface area contributed by atoms with Crippen molar-refractivity contribution in [2.24, 2.45) is 7.05 Å². The van der Waals surface area contributed by atoms with Gasteiger partial charge in [0.2, 0.25) is 5.91 Å². The first kappa shape index (κ1) is 14.8. The van der Waals surface area contributed by atoms with Gasteiger partial charge in [-0.1, -0.05) is 25.0 Å². The summed E-state index contributed by atoms with van der Waals surface area (Å²) in [5.41, 5.74) is 1.34. The molecule has 2 aromatic rings. The molecule has 0 aliphatic heterocycles. The molecule has 1 aromatic carbocycles. The molecular formula is C16H21N3O3. The summed E-state index contributed by atoms with van der Waals surface area (Å²) in [6, 6.07) is 7.20. The summed E-state index contributed by atoms with van der Waals surface area (Å²) in [5.74, 6) is -0.232. The first-order valence-electron chi connectivity index (χ1n) is 7.69. The number of aliphatic hydroxyl groups excluding tert-OH is 1. The van der Waals surface area contributed by atoms with Gasteiger partial charge in [-0.3, -0.25) is 13.9 Å². The van der Waals surface area contributed by atoms with Crippen LogP contribution in [-0.2, 0) is 18.4 Å². The molecule has 6 heteroatoms. The van der Waals surface area contributed by atoms with Crippen LogP contribution in [-0.4, -0.2) is 32.3 Å². The Balaban J connectivity index is 1.80. The fourth-order valence-electron chi connectivity index (χ4n) is 3.19. The molecule has 3 rings (SSSR count). The van der Waals surface area contributed by atoms with Gasteiger partial charge in [0.25, 0.3) is 0 Å². The number of amides is 1. The number of fused-ring (bicyclic) bond motifs is 1. The normalized spacial score (nSPS) is 21.9. The van der Waals surface area contributed by atoms with Gasteiger partial charge in [0.1, 0.15) is 6.54 Å². The van der Waals surface area contributed by atoms with Gasteiger partial charge in [-0.2, -0.15) is 0 Å². The van der Waals surface area contributed by atoms with E-state index in [0.29, 0.717) is 0 Å². The molecule has 1 aromatic heterocycles. The van der Waals surface area contributed by atoms with Crippen molar-refractivity contribution in [1.82, 2.24) is 14.5 Å². The van der Waals surface area contributed by atoms with E-state index in [-0.39, 0.29) is 24.2 Å². The van der Waals surface area contributed by atoms with E-state index in [2.05, 4.69) is 5.32 Å². The first-order chi connectivity index (χ1) is 10.6. The molecule has 1 aliphatic carbocycles. The summed E-state index contributed by atoms with van der Waals surface area (Å²) >= 11 is 0. The van der Waals surface area contributed by atoms with Crippen molar-refractivity contribution in [2.75, 3.05) is 0 Å². The lowest BCUT2D eigenvalue weighted by molar-refractivity contribution is -0.123. The third-order valence-electron chi connectivity index (χ3n) is 4.43. The summed E-state index contributed by atoms with van der Waals surface area (Å²) in [5, 5.41) is 12.8. The molecule has 1 saturated carbocycles. The minimum Gasteiger partial charge on any atom is -0.391 e. The van der Waals surface area contributed by atoms with E-state index in [1.54, 1.807) is 7.05 Å². The van der Waals surface area contributed by atoms with Crippen LogP contribution in [0.2, 0.25) is 0 Å². The van der Waals surface area contributed by atoms with Gasteiger partial charge in [0.05, 0.1) is 23.2 Å². The Labute approximate surface area is 128 Å². The van der Waals surface area contributed by atoms with Crippen LogP contribution in [0.25, 0.3) is 11.0 Å². The zero-order valence-corrected chi connectivity index (χ0v) is 12.7. The molecule has 2 N–H and O–H groups in total. The smallest absolute Gasteiger partial charge is 0.329 e. The number of rotatable bonds is 3. The lowest BCUT2D eigenvalue weighted by Crippen LogP contribution is -2.46. The summed E-state index contributed by atoms with van der Waals surface area (Å²) in [4.78, 5) is 24.5. The number of aliphatic hydroxyl groups is 1. The van der Waals surface area contributed by atoms with Crippen molar-refractivity contribution in [3.63, 3.8) is 0 Å². The van der Waals surface area contributed by atoms with Crippen LogP contribution in [0.5, 0.6) is 0 Å². The van der Waals surface area contributed by atoms with E-state index in [4.69, 9.17) is 0 Å². The van der Waals surface area contributed by atoms with Gasteiger partial charge in [0, 0.05) is 7.05 Å². The average Bonchev–Trinajstić information content (AvgIpc) is 2.75. The molecule has 0 radical (unpaired) electrons. The zero-order valence-electron chi connectivity index (χ0n) is 12.7. The monoisotopic (exact) mass is 303 g/mol. The standard InChI is InChI=1S/C16H21N3O3/c1-18-12-7-3-4-8-13(12)19(16(18)22)10-15(21)17-11-6-2-5-9-14(11)20/h3-4,7-8,11,14,20H,2,5-6,9-10H2,1H3,(H,17,21). The Morgan fingerprint density at radius 3 is 2.68 bits per heavy atom. The Kier molecular flexibility index (Phi) is 4.02. The van der Waals surface area contributed by atoms with Gasteiger partial charge in [-0.25, -0.2) is 4.79 Å². The highest BCUT2D eigenvalue weighted by molar-refractivity contribution is 5.81. The fourth-order valence-corrected chi connectivity index (χ4v) is 3.19. The lowest BCUT2D eigenvalue weighted by atomic mass is 9.92. The summed E-state index contributed by atoms with van der Waals surface area (Å²) in [6.45, 7) is -0.0244. The van der Waals surface area contributed by atoms with Gasteiger partial charge >= 0.3 is 5.69 Å². The van der Waals surface area contributed by atoms with Crippen LogP contribution in [0.4, 0.5) is 0 Å². The average molecular weight is 303 g/mol. The number of imidazole rings is 1. The number of aryl methyl sites for hydroxylation is 1. The van der Waals surface area contributed by atoms with Crippen LogP contribution in [0.3, 0.4) is 0 Å². The topological polar surface area (TPSA) is 76.3 Å². The third kappa shape index (κ3) is 2.66. The summed E-state index contributed by atoms with van der Waals surface area (Å²) < 4.78 is 3.01. The highest BCUT2D eigenvalue weighted by atomic mass is 16.3. The number of carbonyl (C=O) groups excluding carboxylic acids is 1. The SMILES string of the molecule is Cn1c(=O)n(CC(=O)NC2CCCCC2O)c2ccccc21. The molecule has 0 spiro atoms. The van der Waals surface area contributed by atoms with Crippen LogP contribution >= 0.6 is 0 Å². The highest BCUT2D eigenvalue weighted by Crippen LogP contribution is 2.18. The maximum atomic E-state index is 12.3. The zero-order chi connectivity index (χ0) is 15.7. The van der Waals surface area contributed by atoms with Crippen molar-refractivity contribution in [3.8, 4) is 0 Å². The van der Waals surface area contributed by atoms with E-state index in [1.165, 1.54) is 9.13 Å². The number of benzene rings is 1. The maximum Gasteiger partial charge on any atom is 0.329 e. The van der Waals surface area contributed by atoms with E-state index < -0.39 is 6.10 Å². The molecule has 1 amide bonds. The number of carbonyl (C=O) groups is 1. The molecule has 118 valence electrons. The van der Waals surface area contributed by atoms with Crippen molar-refractivity contribution in [1.29, 1.82) is 0 Å². The molecule has 6 nitrogen and oxygen atoms in total. The second-order valence-electron chi connectivity index (χ2n) is 5.94. The molecule has 0 bridgehead atoms. The molecular weight excluding hydrogens is 282 g/mol. The fraction of sp³-hybridized carbons (Fsp3) is 0.500. The van der Waals surface area contributed by atoms with Gasteiger partial charge in [-0.15, -0.1) is 0 Å². The summed E-state index contributed by atoms with van der Waals surface area (Å²) in [7, 11) is 1.70. The Morgan fingerprint density at radius 2 is 1.95 bits per heavy atom. The van der Waals surface area contributed by atoms with Gasteiger partial charge < -0.3 is 10.4 Å². The molecule has 1 fully saturated rings. The Morgan fingerprint density at radius 1 is 1.27 bits per heavy atom. The third-order valence-corrected chi connectivity index (χ3v) is 4.43. The van der Waals surface area contributed by atoms with Crippen molar-refractivity contribution < 1.29 is 9.90 Å². The number of para-hydroxylation sites is 2. The number of nitrogens with one attached hydrogen (secondary N) is 1. The minimum atomic E-state index is -0.484.